The van der Waals surface area contributed by atoms with Crippen LogP contribution < -0.4 is 14.8 Å². The summed E-state index contributed by atoms with van der Waals surface area (Å²) >= 11 is 5.99. The molecule has 2 atom stereocenters. The number of alkyl halides is 3. The van der Waals surface area contributed by atoms with Gasteiger partial charge < -0.3 is 24.1 Å². The van der Waals surface area contributed by atoms with E-state index in [4.69, 9.17) is 30.8 Å². The van der Waals surface area contributed by atoms with Crippen LogP contribution in [0.25, 0.3) is 27.5 Å². The van der Waals surface area contributed by atoms with Crippen LogP contribution in [0.1, 0.15) is 52.8 Å². The van der Waals surface area contributed by atoms with Crippen molar-refractivity contribution in [2.24, 2.45) is 0 Å². The van der Waals surface area contributed by atoms with Gasteiger partial charge in [0, 0.05) is 53.8 Å². The summed E-state index contributed by atoms with van der Waals surface area (Å²) in [4.78, 5) is 20.6. The topological polar surface area (TPSA) is 107 Å². The quantitative estimate of drug-likeness (QED) is 0.149. The van der Waals surface area contributed by atoms with E-state index in [1.54, 1.807) is 31.2 Å². The van der Waals surface area contributed by atoms with Gasteiger partial charge in [0.05, 0.1) is 41.3 Å². The van der Waals surface area contributed by atoms with Gasteiger partial charge in [-0.1, -0.05) is 29.8 Å². The van der Waals surface area contributed by atoms with E-state index in [2.05, 4.69) is 31.1 Å². The zero-order valence-corrected chi connectivity index (χ0v) is 30.1. The first kappa shape index (κ1) is 35.3. The van der Waals surface area contributed by atoms with Crippen LogP contribution in [0.15, 0.2) is 78.9 Å². The number of amides is 1. The summed E-state index contributed by atoms with van der Waals surface area (Å²) in [6.07, 6.45) is -0.776. The van der Waals surface area contributed by atoms with Crippen molar-refractivity contribution in [1.82, 2.24) is 24.6 Å². The molecule has 6 aromatic rings. The number of fused-ring (bicyclic) bond motifs is 3. The third kappa shape index (κ3) is 6.57. The Morgan fingerprint density at radius 1 is 1.09 bits per heavy atom. The SMILES string of the molecule is CC1(c2ccc(Cl)cc2F)Oc2cccc(C3=CCN(Cc4nc5cc(C(=O)Nc6ccc7[nH]nc(C(F)(F)F)c7c6)ccc5n4C[C@@H]4CCO4)CC3)c2O1. The first-order valence-electron chi connectivity index (χ1n) is 17.8. The number of carbonyl (C=O) groups excluding carboxylic acids is 1. The summed E-state index contributed by atoms with van der Waals surface area (Å²) in [7, 11) is 0. The molecule has 0 bridgehead atoms. The Morgan fingerprint density at radius 3 is 2.69 bits per heavy atom. The van der Waals surface area contributed by atoms with Gasteiger partial charge in [-0.3, -0.25) is 14.8 Å². The summed E-state index contributed by atoms with van der Waals surface area (Å²) in [5.41, 5.74) is 3.39. The van der Waals surface area contributed by atoms with Gasteiger partial charge in [-0.2, -0.15) is 18.3 Å². The Kier molecular flexibility index (Phi) is 8.59. The molecule has 0 saturated carbocycles. The van der Waals surface area contributed by atoms with Crippen LogP contribution >= 0.6 is 11.6 Å². The van der Waals surface area contributed by atoms with Crippen molar-refractivity contribution in [3.63, 3.8) is 0 Å². The van der Waals surface area contributed by atoms with Crippen LogP contribution in [0.2, 0.25) is 5.02 Å². The number of hydrogen-bond acceptors (Lipinski definition) is 7. The number of para-hydroxylation sites is 1. The Labute approximate surface area is 316 Å². The minimum absolute atomic E-state index is 0.0563. The van der Waals surface area contributed by atoms with E-state index in [0.29, 0.717) is 48.8 Å². The van der Waals surface area contributed by atoms with Crippen LogP contribution in [-0.2, 0) is 29.8 Å². The Hall–Kier alpha value is -5.44. The van der Waals surface area contributed by atoms with Gasteiger partial charge in [-0.15, -0.1) is 0 Å². The van der Waals surface area contributed by atoms with Gasteiger partial charge >= 0.3 is 6.18 Å². The molecule has 3 aliphatic heterocycles. The zero-order valence-electron chi connectivity index (χ0n) is 29.3. The number of hydrogen-bond donors (Lipinski definition) is 2. The number of H-pyrrole nitrogens is 1. The predicted octanol–water partition coefficient (Wildman–Crippen LogP) is 8.70. The number of nitrogens with one attached hydrogen (secondary N) is 2. The normalized spacial score (nSPS) is 19.8. The highest BCUT2D eigenvalue weighted by atomic mass is 35.5. The van der Waals surface area contributed by atoms with Crippen molar-refractivity contribution >= 4 is 50.7 Å². The second-order valence-corrected chi connectivity index (χ2v) is 14.5. The largest absolute Gasteiger partial charge is 0.444 e. The van der Waals surface area contributed by atoms with Crippen molar-refractivity contribution in [3.05, 3.63) is 118 Å². The minimum Gasteiger partial charge on any atom is -0.444 e. The van der Waals surface area contributed by atoms with Gasteiger partial charge in [-0.25, -0.2) is 9.37 Å². The molecule has 3 aliphatic rings. The number of nitrogens with zero attached hydrogens (tertiary/aromatic N) is 4. The third-order valence-corrected chi connectivity index (χ3v) is 10.6. The van der Waals surface area contributed by atoms with Gasteiger partial charge in [0.15, 0.2) is 17.2 Å². The summed E-state index contributed by atoms with van der Waals surface area (Å²) in [5.74, 6) is -0.427. The predicted molar refractivity (Wildman–Crippen MR) is 197 cm³/mol. The lowest BCUT2D eigenvalue weighted by molar-refractivity contribution is -0.139. The van der Waals surface area contributed by atoms with E-state index in [1.807, 2.05) is 24.3 Å². The highest BCUT2D eigenvalue weighted by Gasteiger charge is 2.42. The van der Waals surface area contributed by atoms with E-state index in [9.17, 15) is 22.4 Å². The number of ether oxygens (including phenoxy) is 3. The number of benzene rings is 4. The first-order chi connectivity index (χ1) is 26.4. The summed E-state index contributed by atoms with van der Waals surface area (Å²) in [6, 6.07) is 19.6. The molecule has 1 amide bonds. The van der Waals surface area contributed by atoms with Gasteiger partial charge in [0.25, 0.3) is 11.7 Å². The molecule has 15 heteroatoms. The molecule has 0 radical (unpaired) electrons. The Balaban J connectivity index is 0.935. The van der Waals surface area contributed by atoms with E-state index >= 15 is 0 Å². The zero-order chi connectivity index (χ0) is 38.1. The lowest BCUT2D eigenvalue weighted by Crippen LogP contribution is -2.33. The fraction of sp³-hybridized carbons (Fsp3) is 0.275. The number of aromatic amines is 1. The molecule has 9 rings (SSSR count). The van der Waals surface area contributed by atoms with Gasteiger partial charge in [0.2, 0.25) is 0 Å². The first-order valence-corrected chi connectivity index (χ1v) is 18.2. The van der Waals surface area contributed by atoms with Crippen LogP contribution in [0, 0.1) is 5.82 Å². The Morgan fingerprint density at radius 2 is 1.95 bits per heavy atom. The average molecular weight is 773 g/mol. The standard InChI is InChI=1S/C40H33ClF4N6O4/c1-39(29-8-6-24(41)18-30(29)42)54-34-4-2-3-27(36(34)55-39)22-11-14-50(15-12-22)21-35-47-32-17-23(5-10-33(32)51(35)20-26-13-16-53-26)38(52)46-25-7-9-31-28(19-25)37(49-48-31)40(43,44)45/h2-11,17-19,26H,12-16,20-21H2,1H3,(H,46,52)(H,48,49)/t26-,39?/m0/s1. The highest BCUT2D eigenvalue weighted by molar-refractivity contribution is 6.30. The molecule has 282 valence electrons. The number of imidazole rings is 1. The summed E-state index contributed by atoms with van der Waals surface area (Å²) < 4.78 is 75.7. The fourth-order valence-corrected chi connectivity index (χ4v) is 7.59. The van der Waals surface area contributed by atoms with E-state index < -0.39 is 29.4 Å². The van der Waals surface area contributed by atoms with Crippen LogP contribution in [0.5, 0.6) is 11.5 Å². The van der Waals surface area contributed by atoms with E-state index in [-0.39, 0.29) is 33.3 Å². The molecule has 5 heterocycles. The molecular weight excluding hydrogens is 740 g/mol. The molecule has 55 heavy (non-hydrogen) atoms. The number of carbonyl (C=O) groups is 1. The number of rotatable bonds is 8. The van der Waals surface area contributed by atoms with Crippen LogP contribution in [-0.4, -0.2) is 56.4 Å². The monoisotopic (exact) mass is 772 g/mol. The maximum Gasteiger partial charge on any atom is 0.435 e. The molecule has 1 fully saturated rings. The molecule has 2 N–H and O–H groups in total. The smallest absolute Gasteiger partial charge is 0.435 e. The number of aromatic nitrogens is 4. The lowest BCUT2D eigenvalue weighted by atomic mass is 9.98. The molecule has 0 aliphatic carbocycles. The molecule has 10 nitrogen and oxygen atoms in total. The van der Waals surface area contributed by atoms with Crippen molar-refractivity contribution in [2.75, 3.05) is 25.0 Å². The van der Waals surface area contributed by atoms with Gasteiger partial charge in [-0.05, 0) is 79.1 Å². The number of halogens is 5. The molecule has 2 aromatic heterocycles. The molecule has 4 aromatic carbocycles. The minimum atomic E-state index is -4.64. The molecule has 1 saturated heterocycles. The van der Waals surface area contributed by atoms with Gasteiger partial charge in [0.1, 0.15) is 11.6 Å². The number of anilines is 1. The summed E-state index contributed by atoms with van der Waals surface area (Å²) in [6.45, 7) is 4.91. The van der Waals surface area contributed by atoms with E-state index in [1.165, 1.54) is 24.3 Å². The second kappa shape index (κ2) is 13.4. The van der Waals surface area contributed by atoms with E-state index in [0.717, 1.165) is 41.9 Å². The maximum absolute atomic E-state index is 14.9. The average Bonchev–Trinajstić information content (AvgIpc) is 3.82. The van der Waals surface area contributed by atoms with Crippen molar-refractivity contribution in [3.8, 4) is 11.5 Å². The molecule has 1 unspecified atom stereocenters. The van der Waals surface area contributed by atoms with Crippen molar-refractivity contribution in [1.29, 1.82) is 0 Å². The van der Waals surface area contributed by atoms with Crippen LogP contribution in [0.4, 0.5) is 23.2 Å². The molecule has 0 spiro atoms. The summed E-state index contributed by atoms with van der Waals surface area (Å²) in [5, 5.41) is 8.65. The third-order valence-electron chi connectivity index (χ3n) is 10.4. The lowest BCUT2D eigenvalue weighted by Gasteiger charge is -2.29. The van der Waals surface area contributed by atoms with Crippen LogP contribution in [0.3, 0.4) is 0 Å². The fourth-order valence-electron chi connectivity index (χ4n) is 7.44. The second-order valence-electron chi connectivity index (χ2n) is 14.0. The van der Waals surface area contributed by atoms with Crippen molar-refractivity contribution < 1.29 is 36.6 Å². The van der Waals surface area contributed by atoms with Crippen molar-refractivity contribution in [2.45, 2.75) is 50.9 Å². The maximum atomic E-state index is 14.9. The molecular formula is C40H33ClF4N6O4. The Bertz CT molecular complexity index is 2530. The highest BCUT2D eigenvalue weighted by Crippen LogP contribution is 2.49.